The molecule has 0 saturated carbocycles. The van der Waals surface area contributed by atoms with Crippen LogP contribution in [0.4, 0.5) is 18.0 Å². The Morgan fingerprint density at radius 1 is 0.850 bits per heavy atom. The Morgan fingerprint density at radius 3 is 1.88 bits per heavy atom. The lowest BCUT2D eigenvalue weighted by molar-refractivity contribution is -0.137. The van der Waals surface area contributed by atoms with Crippen LogP contribution in [0.1, 0.15) is 29.5 Å². The Balaban J connectivity index is 2.16. The minimum absolute atomic E-state index is 0.0171. The number of primary amides is 2. The number of carbonyl (C=O) groups excluding carboxylic acids is 4. The van der Waals surface area contributed by atoms with Gasteiger partial charge in [0.25, 0.3) is 0 Å². The molecule has 0 radical (unpaired) electrons. The fourth-order valence-electron chi connectivity index (χ4n) is 3.71. The van der Waals surface area contributed by atoms with Crippen LogP contribution >= 0.6 is 0 Å². The van der Waals surface area contributed by atoms with Gasteiger partial charge in [-0.25, -0.2) is 4.79 Å². The van der Waals surface area contributed by atoms with E-state index in [1.165, 1.54) is 19.2 Å². The van der Waals surface area contributed by atoms with E-state index < -0.39 is 53.6 Å². The average molecular weight is 567 g/mol. The summed E-state index contributed by atoms with van der Waals surface area (Å²) in [7, 11) is 1.49. The van der Waals surface area contributed by atoms with Crippen LogP contribution in [0.2, 0.25) is 0 Å². The van der Waals surface area contributed by atoms with Gasteiger partial charge in [-0.05, 0) is 48.2 Å². The molecule has 0 spiro atoms. The van der Waals surface area contributed by atoms with Crippen LogP contribution in [0.25, 0.3) is 0 Å². The molecule has 0 saturated heterocycles. The minimum atomic E-state index is -4.53. The van der Waals surface area contributed by atoms with Crippen molar-refractivity contribution in [1.29, 1.82) is 0 Å². The lowest BCUT2D eigenvalue weighted by Crippen LogP contribution is -2.56. The fraction of sp³-hybridized carbons (Fsp3) is 0.385. The van der Waals surface area contributed by atoms with E-state index in [2.05, 4.69) is 16.0 Å². The van der Waals surface area contributed by atoms with Gasteiger partial charge in [-0.2, -0.15) is 13.2 Å². The number of nitrogens with two attached hydrogens (primary N) is 3. The summed E-state index contributed by atoms with van der Waals surface area (Å²) in [6, 6.07) is 6.64. The van der Waals surface area contributed by atoms with Crippen molar-refractivity contribution in [3.05, 3.63) is 65.2 Å². The monoisotopic (exact) mass is 566 g/mol. The molecular formula is C26H33F3N6O5. The Kier molecular flexibility index (Phi) is 11.7. The zero-order valence-corrected chi connectivity index (χ0v) is 21.8. The molecule has 0 aliphatic rings. The molecule has 218 valence electrons. The number of methoxy groups -OCH3 is 1. The van der Waals surface area contributed by atoms with Crippen LogP contribution in [0.3, 0.4) is 0 Å². The molecule has 5 amide bonds. The summed E-state index contributed by atoms with van der Waals surface area (Å²) in [4.78, 5) is 48.9. The first-order valence-corrected chi connectivity index (χ1v) is 12.3. The smallest absolute Gasteiger partial charge is 0.416 e. The largest absolute Gasteiger partial charge is 0.497 e. The Morgan fingerprint density at radius 2 is 1.38 bits per heavy atom. The zero-order valence-electron chi connectivity index (χ0n) is 21.8. The van der Waals surface area contributed by atoms with Gasteiger partial charge in [-0.3, -0.25) is 14.4 Å². The van der Waals surface area contributed by atoms with E-state index in [1.807, 2.05) is 0 Å². The van der Waals surface area contributed by atoms with Crippen LogP contribution in [-0.2, 0) is 33.4 Å². The van der Waals surface area contributed by atoms with Crippen molar-refractivity contribution in [2.24, 2.45) is 17.2 Å². The van der Waals surface area contributed by atoms with Crippen molar-refractivity contribution < 1.29 is 37.1 Å². The maximum Gasteiger partial charge on any atom is 0.416 e. The van der Waals surface area contributed by atoms with E-state index in [4.69, 9.17) is 21.9 Å². The van der Waals surface area contributed by atoms with Gasteiger partial charge in [-0.1, -0.05) is 24.3 Å². The van der Waals surface area contributed by atoms with E-state index in [0.717, 1.165) is 12.1 Å². The summed E-state index contributed by atoms with van der Waals surface area (Å²) in [5.74, 6) is -1.74. The quantitative estimate of drug-likeness (QED) is 0.183. The molecule has 0 aromatic heterocycles. The Bertz CT molecular complexity index is 1160. The van der Waals surface area contributed by atoms with Gasteiger partial charge in [0.2, 0.25) is 17.7 Å². The number of urea groups is 1. The molecule has 9 N–H and O–H groups in total. The van der Waals surface area contributed by atoms with Gasteiger partial charge in [0.1, 0.15) is 17.8 Å². The van der Waals surface area contributed by atoms with Crippen LogP contribution in [-0.4, -0.2) is 55.5 Å². The number of hydrogen-bond donors (Lipinski definition) is 6. The maximum atomic E-state index is 13.2. The van der Waals surface area contributed by atoms with E-state index >= 15 is 0 Å². The lowest BCUT2D eigenvalue weighted by Gasteiger charge is -2.24. The standard InChI is InChI=1S/C26H33F3N6O5/c1-40-18-10-6-16(7-11-18)14-21(35-23(37)19(30)3-2-12-33-25(32)39)24(38)34-20(22(31)36)13-15-4-8-17(9-5-15)26(27,28)29/h4-11,19-21H,2-3,12-14,30H2,1H3,(H2,31,36)(H,34,38)(H,35,37)(H3,32,33,39)/t19-,20-,21-/m0/s1. The van der Waals surface area contributed by atoms with E-state index in [0.29, 0.717) is 23.3 Å². The highest BCUT2D eigenvalue weighted by Crippen LogP contribution is 2.29. The molecule has 14 heteroatoms. The van der Waals surface area contributed by atoms with Crippen molar-refractivity contribution >= 4 is 23.8 Å². The third-order valence-corrected chi connectivity index (χ3v) is 5.94. The van der Waals surface area contributed by atoms with Crippen molar-refractivity contribution in [3.8, 4) is 5.75 Å². The number of alkyl halides is 3. The second-order valence-electron chi connectivity index (χ2n) is 9.02. The summed E-state index contributed by atoms with van der Waals surface area (Å²) in [5, 5.41) is 7.44. The second kappa shape index (κ2) is 14.7. The summed E-state index contributed by atoms with van der Waals surface area (Å²) in [6.45, 7) is 0.205. The summed E-state index contributed by atoms with van der Waals surface area (Å²) < 4.78 is 43.7. The second-order valence-corrected chi connectivity index (χ2v) is 9.02. The number of halogens is 3. The molecule has 11 nitrogen and oxygen atoms in total. The summed E-state index contributed by atoms with van der Waals surface area (Å²) in [5.41, 5.74) is 16.5. The van der Waals surface area contributed by atoms with Gasteiger partial charge in [0.05, 0.1) is 18.7 Å². The number of nitrogens with one attached hydrogen (secondary N) is 3. The van der Waals surface area contributed by atoms with Crippen molar-refractivity contribution in [3.63, 3.8) is 0 Å². The number of hydrogen-bond acceptors (Lipinski definition) is 6. The fourth-order valence-corrected chi connectivity index (χ4v) is 3.71. The first kappa shape index (κ1) is 31.9. The molecule has 0 unspecified atom stereocenters. The average Bonchev–Trinajstić information content (AvgIpc) is 2.90. The van der Waals surface area contributed by atoms with E-state index in [-0.39, 0.29) is 25.8 Å². The highest BCUT2D eigenvalue weighted by atomic mass is 19.4. The molecule has 0 heterocycles. The first-order valence-electron chi connectivity index (χ1n) is 12.3. The first-order chi connectivity index (χ1) is 18.8. The normalized spacial score (nSPS) is 13.4. The van der Waals surface area contributed by atoms with Crippen LogP contribution in [0.15, 0.2) is 48.5 Å². The van der Waals surface area contributed by atoms with Gasteiger partial charge >= 0.3 is 12.2 Å². The topological polar surface area (TPSA) is 192 Å². The summed E-state index contributed by atoms with van der Waals surface area (Å²) in [6.07, 6.45) is -4.15. The number of rotatable bonds is 14. The molecule has 0 bridgehead atoms. The Hall–Kier alpha value is -4.33. The molecule has 0 aliphatic carbocycles. The molecule has 2 rings (SSSR count). The Labute approximate surface area is 229 Å². The number of ether oxygens (including phenoxy) is 1. The van der Waals surface area contributed by atoms with E-state index in [1.54, 1.807) is 24.3 Å². The van der Waals surface area contributed by atoms with Gasteiger partial charge in [-0.15, -0.1) is 0 Å². The lowest BCUT2D eigenvalue weighted by atomic mass is 10.0. The van der Waals surface area contributed by atoms with Crippen molar-refractivity contribution in [1.82, 2.24) is 16.0 Å². The van der Waals surface area contributed by atoms with Crippen LogP contribution in [0, 0.1) is 0 Å². The number of amides is 5. The van der Waals surface area contributed by atoms with Crippen molar-refractivity contribution in [2.45, 2.75) is 50.0 Å². The van der Waals surface area contributed by atoms with E-state index in [9.17, 15) is 32.3 Å². The van der Waals surface area contributed by atoms with Crippen LogP contribution < -0.4 is 37.9 Å². The maximum absolute atomic E-state index is 13.2. The van der Waals surface area contributed by atoms with Gasteiger partial charge in [0.15, 0.2) is 0 Å². The van der Waals surface area contributed by atoms with Crippen molar-refractivity contribution in [2.75, 3.05) is 13.7 Å². The molecule has 40 heavy (non-hydrogen) atoms. The third kappa shape index (κ3) is 10.4. The zero-order chi connectivity index (χ0) is 29.9. The number of carbonyl (C=O) groups is 4. The van der Waals surface area contributed by atoms with Gasteiger partial charge in [0, 0.05) is 19.4 Å². The van der Waals surface area contributed by atoms with Gasteiger partial charge < -0.3 is 37.9 Å². The predicted molar refractivity (Wildman–Crippen MR) is 140 cm³/mol. The molecule has 2 aromatic rings. The molecule has 0 fully saturated rings. The highest BCUT2D eigenvalue weighted by Gasteiger charge is 2.31. The van der Waals surface area contributed by atoms with Crippen LogP contribution in [0.5, 0.6) is 5.75 Å². The SMILES string of the molecule is COc1ccc(C[C@H](NC(=O)[C@@H](N)CCCNC(N)=O)C(=O)N[C@@H](Cc2ccc(C(F)(F)F)cc2)C(N)=O)cc1. The minimum Gasteiger partial charge on any atom is -0.497 e. The third-order valence-electron chi connectivity index (χ3n) is 5.94. The molecule has 3 atom stereocenters. The molecular weight excluding hydrogens is 533 g/mol. The predicted octanol–water partition coefficient (Wildman–Crippen LogP) is 0.730. The highest BCUT2D eigenvalue weighted by molar-refractivity contribution is 5.93. The molecule has 2 aromatic carbocycles. The number of benzene rings is 2. The summed E-state index contributed by atoms with van der Waals surface area (Å²) >= 11 is 0. The molecule has 0 aliphatic heterocycles.